The molecule has 0 unspecified atom stereocenters. The van der Waals surface area contributed by atoms with Gasteiger partial charge in [-0.15, -0.1) is 0 Å². The number of amides is 2. The topological polar surface area (TPSA) is 85.9 Å². The quantitative estimate of drug-likeness (QED) is 0.245. The Hall–Kier alpha value is -3.46. The van der Waals surface area contributed by atoms with Crippen LogP contribution in [0.5, 0.6) is 0 Å². The van der Waals surface area contributed by atoms with E-state index in [2.05, 4.69) is 69.9 Å². The summed E-state index contributed by atoms with van der Waals surface area (Å²) in [5.74, 6) is -0.0853. The number of carbonyl (C=O) groups is 2. The van der Waals surface area contributed by atoms with Gasteiger partial charge in [-0.25, -0.2) is 0 Å². The predicted molar refractivity (Wildman–Crippen MR) is 175 cm³/mol. The van der Waals surface area contributed by atoms with Gasteiger partial charge in [-0.1, -0.05) is 29.8 Å². The lowest BCUT2D eigenvalue weighted by Crippen LogP contribution is -2.42. The number of carbonyl (C=O) groups excluding carboxylic acids is 2. The molecule has 2 aromatic carbocycles. The number of nitrogens with one attached hydrogen (secondary N) is 3. The highest BCUT2D eigenvalue weighted by atomic mass is 16.5. The molecule has 0 spiro atoms. The monoisotopic (exact) mass is 587 g/mol. The van der Waals surface area contributed by atoms with Crippen LogP contribution in [0.15, 0.2) is 59.3 Å². The summed E-state index contributed by atoms with van der Waals surface area (Å²) in [5, 5.41) is 9.24. The second kappa shape index (κ2) is 15.8. The Morgan fingerprint density at radius 3 is 2.42 bits per heavy atom. The zero-order chi connectivity index (χ0) is 30.8. The fourth-order valence-electron chi connectivity index (χ4n) is 5.98. The molecule has 43 heavy (non-hydrogen) atoms. The molecule has 0 bridgehead atoms. The van der Waals surface area contributed by atoms with Crippen molar-refractivity contribution in [3.8, 4) is 11.1 Å². The Balaban J connectivity index is 1.63. The average Bonchev–Trinajstić information content (AvgIpc) is 3.02. The maximum atomic E-state index is 13.8. The van der Waals surface area contributed by atoms with Gasteiger partial charge in [0.2, 0.25) is 6.41 Å². The zero-order valence-electron chi connectivity index (χ0n) is 26.6. The lowest BCUT2D eigenvalue weighted by Gasteiger charge is -2.37. The molecule has 4 rings (SSSR count). The largest absolute Gasteiger partial charge is 0.381 e. The Morgan fingerprint density at radius 2 is 1.77 bits per heavy atom. The Kier molecular flexibility index (Phi) is 12.0. The number of ether oxygens (including phenoxy) is 1. The van der Waals surface area contributed by atoms with Gasteiger partial charge in [0.05, 0.1) is 0 Å². The van der Waals surface area contributed by atoms with Gasteiger partial charge in [0.25, 0.3) is 5.91 Å². The first kappa shape index (κ1) is 32.5. The van der Waals surface area contributed by atoms with Crippen molar-refractivity contribution >= 4 is 18.0 Å². The smallest absolute Gasteiger partial charge is 0.251 e. The molecule has 2 saturated heterocycles. The van der Waals surface area contributed by atoms with E-state index < -0.39 is 0 Å². The van der Waals surface area contributed by atoms with Crippen molar-refractivity contribution < 1.29 is 14.3 Å². The number of hydrogen-bond donors (Lipinski definition) is 3. The summed E-state index contributed by atoms with van der Waals surface area (Å²) >= 11 is 0. The molecule has 0 aliphatic carbocycles. The van der Waals surface area contributed by atoms with Crippen LogP contribution in [-0.4, -0.2) is 75.7 Å². The van der Waals surface area contributed by atoms with Gasteiger partial charge >= 0.3 is 0 Å². The molecular formula is C35H49N5O3. The van der Waals surface area contributed by atoms with Crippen LogP contribution in [0.25, 0.3) is 11.1 Å². The van der Waals surface area contributed by atoms with Gasteiger partial charge in [0.15, 0.2) is 0 Å². The van der Waals surface area contributed by atoms with Crippen LogP contribution in [0.1, 0.15) is 62.0 Å². The normalized spacial score (nSPS) is 17.3. The molecule has 8 heteroatoms. The molecule has 2 aliphatic heterocycles. The molecule has 0 atom stereocenters. The highest BCUT2D eigenvalue weighted by Gasteiger charge is 2.25. The van der Waals surface area contributed by atoms with E-state index in [0.29, 0.717) is 24.6 Å². The SMILES string of the molecule is CCN(c1cc(-c2ccc(CN3CCNCC3)cc2)cc(C(=O)NC/C(C)=C(C)/C=C(/C)NC=O)c1C)C1CCOCC1. The highest BCUT2D eigenvalue weighted by Crippen LogP contribution is 2.34. The molecule has 0 radical (unpaired) electrons. The summed E-state index contributed by atoms with van der Waals surface area (Å²) < 4.78 is 5.66. The van der Waals surface area contributed by atoms with E-state index in [1.54, 1.807) is 0 Å². The van der Waals surface area contributed by atoms with E-state index in [1.807, 2.05) is 32.9 Å². The van der Waals surface area contributed by atoms with Gasteiger partial charge in [0, 0.05) is 82.0 Å². The van der Waals surface area contributed by atoms with Crippen LogP contribution in [0.4, 0.5) is 5.69 Å². The number of rotatable bonds is 12. The second-order valence-corrected chi connectivity index (χ2v) is 11.8. The van der Waals surface area contributed by atoms with E-state index in [-0.39, 0.29) is 5.91 Å². The van der Waals surface area contributed by atoms with Gasteiger partial charge < -0.3 is 25.6 Å². The summed E-state index contributed by atoms with van der Waals surface area (Å²) in [6.07, 6.45) is 4.55. The fraction of sp³-hybridized carbons (Fsp3) is 0.486. The number of piperazine rings is 1. The fourth-order valence-corrected chi connectivity index (χ4v) is 5.98. The molecule has 2 aliphatic rings. The maximum absolute atomic E-state index is 13.8. The second-order valence-electron chi connectivity index (χ2n) is 11.8. The lowest BCUT2D eigenvalue weighted by atomic mass is 9.94. The minimum absolute atomic E-state index is 0.0853. The van der Waals surface area contributed by atoms with Crippen LogP contribution in [0, 0.1) is 6.92 Å². The first-order chi connectivity index (χ1) is 20.8. The van der Waals surface area contributed by atoms with E-state index in [1.165, 1.54) is 5.56 Å². The van der Waals surface area contributed by atoms with Gasteiger partial charge in [0.1, 0.15) is 0 Å². The Bertz CT molecular complexity index is 1310. The first-order valence-electron chi connectivity index (χ1n) is 15.6. The summed E-state index contributed by atoms with van der Waals surface area (Å²) in [7, 11) is 0. The van der Waals surface area contributed by atoms with Crippen molar-refractivity contribution in [2.45, 2.75) is 60.0 Å². The third kappa shape index (κ3) is 8.78. The minimum atomic E-state index is -0.0853. The predicted octanol–water partition coefficient (Wildman–Crippen LogP) is 4.79. The minimum Gasteiger partial charge on any atom is -0.381 e. The third-order valence-corrected chi connectivity index (χ3v) is 8.72. The molecule has 8 nitrogen and oxygen atoms in total. The zero-order valence-corrected chi connectivity index (χ0v) is 26.6. The summed E-state index contributed by atoms with van der Waals surface area (Å²) in [5.41, 5.74) is 9.07. The van der Waals surface area contributed by atoms with Crippen LogP contribution in [0.3, 0.4) is 0 Å². The third-order valence-electron chi connectivity index (χ3n) is 8.72. The van der Waals surface area contributed by atoms with Crippen molar-refractivity contribution in [3.05, 3.63) is 76.0 Å². The highest BCUT2D eigenvalue weighted by molar-refractivity contribution is 5.99. The molecule has 0 aromatic heterocycles. The van der Waals surface area contributed by atoms with E-state index in [9.17, 15) is 9.59 Å². The number of anilines is 1. The molecule has 232 valence electrons. The average molecular weight is 588 g/mol. The molecule has 2 heterocycles. The number of nitrogens with zero attached hydrogens (tertiary/aromatic N) is 2. The molecule has 2 amide bonds. The molecular weight excluding hydrogens is 538 g/mol. The van der Waals surface area contributed by atoms with Crippen molar-refractivity contribution in [2.75, 3.05) is 57.4 Å². The van der Waals surface area contributed by atoms with Crippen molar-refractivity contribution in [1.82, 2.24) is 20.9 Å². The van der Waals surface area contributed by atoms with Crippen molar-refractivity contribution in [2.24, 2.45) is 0 Å². The van der Waals surface area contributed by atoms with Crippen LogP contribution in [0.2, 0.25) is 0 Å². The van der Waals surface area contributed by atoms with Gasteiger partial charge in [-0.05, 0) is 93.5 Å². The lowest BCUT2D eigenvalue weighted by molar-refractivity contribution is -0.108. The van der Waals surface area contributed by atoms with Gasteiger partial charge in [-0.2, -0.15) is 0 Å². The van der Waals surface area contributed by atoms with Crippen molar-refractivity contribution in [3.63, 3.8) is 0 Å². The summed E-state index contributed by atoms with van der Waals surface area (Å²) in [6, 6.07) is 13.5. The molecule has 0 saturated carbocycles. The van der Waals surface area contributed by atoms with Gasteiger partial charge in [-0.3, -0.25) is 14.5 Å². The molecule has 2 aromatic rings. The number of allylic oxidation sites excluding steroid dienone is 3. The standard InChI is InChI=1S/C35H49N5O3/c1-6-40(32-11-17-43-18-12-32)34-21-31(30-9-7-29(8-10-30)23-39-15-13-36-14-16-39)20-33(28(34)5)35(42)37-22-26(3)25(2)19-27(4)38-24-41/h7-10,19-21,24,32,36H,6,11-18,22-23H2,1-5H3,(H,37,42)(H,38,41)/b26-25+,27-19-. The van der Waals surface area contributed by atoms with Crippen LogP contribution >= 0.6 is 0 Å². The van der Waals surface area contributed by atoms with E-state index >= 15 is 0 Å². The maximum Gasteiger partial charge on any atom is 0.251 e. The van der Waals surface area contributed by atoms with Crippen LogP contribution < -0.4 is 20.9 Å². The Morgan fingerprint density at radius 1 is 1.07 bits per heavy atom. The summed E-state index contributed by atoms with van der Waals surface area (Å²) in [6.45, 7) is 18.1. The number of benzene rings is 2. The van der Waals surface area contributed by atoms with E-state index in [0.717, 1.165) is 105 Å². The summed E-state index contributed by atoms with van der Waals surface area (Å²) in [4.78, 5) is 29.5. The molecule has 2 fully saturated rings. The Labute approximate surface area is 257 Å². The first-order valence-corrected chi connectivity index (χ1v) is 15.6. The van der Waals surface area contributed by atoms with E-state index in [4.69, 9.17) is 4.74 Å². The van der Waals surface area contributed by atoms with Crippen LogP contribution in [-0.2, 0) is 16.1 Å². The van der Waals surface area contributed by atoms with Crippen molar-refractivity contribution in [1.29, 1.82) is 0 Å². The number of hydrogen-bond acceptors (Lipinski definition) is 6. The molecule has 3 N–H and O–H groups in total.